The zero-order valence-corrected chi connectivity index (χ0v) is 14.5. The van der Waals surface area contributed by atoms with Crippen LogP contribution in [0.2, 0.25) is 0 Å². The molecule has 0 saturated carbocycles. The molecule has 0 bridgehead atoms. The van der Waals surface area contributed by atoms with E-state index in [1.165, 1.54) is 19.1 Å². The lowest BCUT2D eigenvalue weighted by Gasteiger charge is -2.21. The quantitative estimate of drug-likeness (QED) is 0.799. The largest absolute Gasteiger partial charge is 0.496 e. The van der Waals surface area contributed by atoms with Gasteiger partial charge in [-0.05, 0) is 48.9 Å². The number of carbonyl (C=O) groups excluding carboxylic acids is 2. The predicted molar refractivity (Wildman–Crippen MR) is 93.3 cm³/mol. The minimum atomic E-state index is -0.485. The van der Waals surface area contributed by atoms with E-state index in [4.69, 9.17) is 9.47 Å². The van der Waals surface area contributed by atoms with E-state index in [2.05, 4.69) is 0 Å². The third-order valence-electron chi connectivity index (χ3n) is 4.15. The van der Waals surface area contributed by atoms with Crippen molar-refractivity contribution >= 4 is 28.9 Å². The number of esters is 1. The molecule has 0 spiro atoms. The van der Waals surface area contributed by atoms with Crippen molar-refractivity contribution in [2.75, 3.05) is 25.7 Å². The van der Waals surface area contributed by atoms with E-state index < -0.39 is 5.97 Å². The molecule has 1 aliphatic rings. The van der Waals surface area contributed by atoms with Crippen molar-refractivity contribution in [2.45, 2.75) is 19.3 Å². The van der Waals surface area contributed by atoms with Crippen molar-refractivity contribution in [2.24, 2.45) is 0 Å². The van der Waals surface area contributed by atoms with E-state index in [9.17, 15) is 9.59 Å². The Morgan fingerprint density at radius 3 is 2.75 bits per heavy atom. The molecule has 0 atom stereocenters. The first-order valence-corrected chi connectivity index (χ1v) is 8.68. The summed E-state index contributed by atoms with van der Waals surface area (Å²) in [6.45, 7) is 0.698. The Bertz CT molecular complexity index is 768. The molecule has 5 nitrogen and oxygen atoms in total. The van der Waals surface area contributed by atoms with Crippen LogP contribution < -0.4 is 9.64 Å². The second-order valence-corrected chi connectivity index (χ2v) is 6.55. The molecule has 3 rings (SSSR count). The molecule has 0 saturated heterocycles. The molecule has 0 N–H and O–H groups in total. The first kappa shape index (κ1) is 16.5. The molecule has 0 aliphatic carbocycles. The van der Waals surface area contributed by atoms with Crippen LogP contribution in [0.3, 0.4) is 0 Å². The first-order valence-electron chi connectivity index (χ1n) is 7.80. The Kier molecular flexibility index (Phi) is 4.85. The molecule has 2 aromatic rings. The second-order valence-electron chi connectivity index (χ2n) is 5.55. The lowest BCUT2D eigenvalue weighted by Crippen LogP contribution is -2.31. The highest BCUT2D eigenvalue weighted by Gasteiger charge is 2.24. The maximum absolute atomic E-state index is 13.0. The number of hydrogen-bond donors (Lipinski definition) is 0. The summed E-state index contributed by atoms with van der Waals surface area (Å²) in [7, 11) is 2.79. The number of thiophene rings is 1. The highest BCUT2D eigenvalue weighted by Crippen LogP contribution is 2.32. The third-order valence-corrected chi connectivity index (χ3v) is 5.12. The highest BCUT2D eigenvalue weighted by molar-refractivity contribution is 7.10. The first-order chi connectivity index (χ1) is 11.7. The number of nitrogens with zero attached hydrogens (tertiary/aromatic N) is 1. The van der Waals surface area contributed by atoms with Crippen LogP contribution in [0.5, 0.6) is 5.75 Å². The highest BCUT2D eigenvalue weighted by atomic mass is 32.1. The summed E-state index contributed by atoms with van der Waals surface area (Å²) in [6.07, 6.45) is 3.08. The van der Waals surface area contributed by atoms with Gasteiger partial charge in [-0.25, -0.2) is 4.79 Å². The number of fused-ring (bicyclic) bond motifs is 1. The standard InChI is InChI=1S/C18H19NO4S/c1-22-15-11-12(6-7-13(15)18(21)23-2)17(20)19-9-4-3-5-16-14(19)8-10-24-16/h6-8,10-11H,3-5,9H2,1-2H3. The molecule has 6 heteroatoms. The Balaban J connectivity index is 1.95. The zero-order chi connectivity index (χ0) is 17.1. The molecule has 126 valence electrons. The number of aryl methyl sites for hydroxylation is 1. The Hall–Kier alpha value is -2.34. The number of benzene rings is 1. The fourth-order valence-corrected chi connectivity index (χ4v) is 3.83. The molecule has 1 amide bonds. The van der Waals surface area contributed by atoms with Crippen LogP contribution in [-0.4, -0.2) is 32.6 Å². The van der Waals surface area contributed by atoms with Crippen LogP contribution in [0.4, 0.5) is 5.69 Å². The molecule has 24 heavy (non-hydrogen) atoms. The zero-order valence-electron chi connectivity index (χ0n) is 13.7. The Labute approximate surface area is 144 Å². The topological polar surface area (TPSA) is 55.8 Å². The van der Waals surface area contributed by atoms with Gasteiger partial charge in [0.2, 0.25) is 0 Å². The van der Waals surface area contributed by atoms with E-state index in [-0.39, 0.29) is 5.91 Å². The monoisotopic (exact) mass is 345 g/mol. The van der Waals surface area contributed by atoms with E-state index in [0.717, 1.165) is 24.9 Å². The van der Waals surface area contributed by atoms with Gasteiger partial charge in [-0.1, -0.05) is 0 Å². The van der Waals surface area contributed by atoms with Gasteiger partial charge in [0.1, 0.15) is 11.3 Å². The van der Waals surface area contributed by atoms with Gasteiger partial charge in [0.15, 0.2) is 0 Å². The Morgan fingerprint density at radius 2 is 2.00 bits per heavy atom. The van der Waals surface area contributed by atoms with Gasteiger partial charge in [-0.2, -0.15) is 0 Å². The summed E-state index contributed by atoms with van der Waals surface area (Å²) in [6, 6.07) is 6.83. The van der Waals surface area contributed by atoms with Gasteiger partial charge in [-0.15, -0.1) is 11.3 Å². The molecule has 1 aromatic heterocycles. The van der Waals surface area contributed by atoms with Crippen molar-refractivity contribution in [1.29, 1.82) is 0 Å². The van der Waals surface area contributed by atoms with Crippen LogP contribution in [0, 0.1) is 0 Å². The third kappa shape index (κ3) is 3.01. The normalized spacial score (nSPS) is 13.8. The number of amides is 1. The lowest BCUT2D eigenvalue weighted by atomic mass is 10.1. The SMILES string of the molecule is COC(=O)c1ccc(C(=O)N2CCCCc3sccc32)cc1OC. The number of carbonyl (C=O) groups is 2. The molecule has 0 fully saturated rings. The molecule has 0 radical (unpaired) electrons. The maximum atomic E-state index is 13.0. The van der Waals surface area contributed by atoms with Gasteiger partial charge in [0.05, 0.1) is 19.9 Å². The Morgan fingerprint density at radius 1 is 1.17 bits per heavy atom. The second kappa shape index (κ2) is 7.05. The van der Waals surface area contributed by atoms with Crippen LogP contribution in [0.15, 0.2) is 29.6 Å². The van der Waals surface area contributed by atoms with Crippen LogP contribution in [-0.2, 0) is 11.2 Å². The number of hydrogen-bond acceptors (Lipinski definition) is 5. The summed E-state index contributed by atoms with van der Waals surface area (Å²) < 4.78 is 9.99. The van der Waals surface area contributed by atoms with Gasteiger partial charge < -0.3 is 14.4 Å². The molecule has 1 aliphatic heterocycles. The van der Waals surface area contributed by atoms with E-state index >= 15 is 0 Å². The fraction of sp³-hybridized carbons (Fsp3) is 0.333. The van der Waals surface area contributed by atoms with E-state index in [0.29, 0.717) is 23.4 Å². The molecule has 2 heterocycles. The van der Waals surface area contributed by atoms with Gasteiger partial charge >= 0.3 is 5.97 Å². The average Bonchev–Trinajstić information content (AvgIpc) is 2.99. The van der Waals surface area contributed by atoms with Crippen molar-refractivity contribution < 1.29 is 19.1 Å². The van der Waals surface area contributed by atoms with Gasteiger partial charge in [-0.3, -0.25) is 4.79 Å². The number of methoxy groups -OCH3 is 2. The van der Waals surface area contributed by atoms with E-state index in [1.54, 1.807) is 29.5 Å². The van der Waals surface area contributed by atoms with Crippen LogP contribution in [0.1, 0.15) is 38.4 Å². The minimum absolute atomic E-state index is 0.0775. The smallest absolute Gasteiger partial charge is 0.341 e. The van der Waals surface area contributed by atoms with Gasteiger partial charge in [0.25, 0.3) is 5.91 Å². The average molecular weight is 345 g/mol. The number of anilines is 1. The maximum Gasteiger partial charge on any atom is 0.341 e. The van der Waals surface area contributed by atoms with Crippen molar-refractivity contribution in [3.8, 4) is 5.75 Å². The number of ether oxygens (including phenoxy) is 2. The van der Waals surface area contributed by atoms with Crippen molar-refractivity contribution in [3.05, 3.63) is 45.6 Å². The van der Waals surface area contributed by atoms with Gasteiger partial charge in [0, 0.05) is 17.0 Å². The fourth-order valence-electron chi connectivity index (χ4n) is 2.91. The summed E-state index contributed by atoms with van der Waals surface area (Å²) in [5.74, 6) is -0.222. The lowest BCUT2D eigenvalue weighted by molar-refractivity contribution is 0.0596. The minimum Gasteiger partial charge on any atom is -0.496 e. The van der Waals surface area contributed by atoms with E-state index in [1.807, 2.05) is 16.3 Å². The molecule has 0 unspecified atom stereocenters. The summed E-state index contributed by atoms with van der Waals surface area (Å²) in [4.78, 5) is 27.8. The summed E-state index contributed by atoms with van der Waals surface area (Å²) in [5.41, 5.74) is 1.81. The van der Waals surface area contributed by atoms with Crippen LogP contribution >= 0.6 is 11.3 Å². The van der Waals surface area contributed by atoms with Crippen molar-refractivity contribution in [1.82, 2.24) is 0 Å². The van der Waals surface area contributed by atoms with Crippen LogP contribution in [0.25, 0.3) is 0 Å². The number of rotatable bonds is 3. The van der Waals surface area contributed by atoms with Crippen molar-refractivity contribution in [3.63, 3.8) is 0 Å². The molecule has 1 aromatic carbocycles. The predicted octanol–water partition coefficient (Wildman–Crippen LogP) is 3.53. The summed E-state index contributed by atoms with van der Waals surface area (Å²) >= 11 is 1.69. The molecular weight excluding hydrogens is 326 g/mol. The molecular formula is C18H19NO4S. The summed E-state index contributed by atoms with van der Waals surface area (Å²) in [5, 5.41) is 2.03.